The van der Waals surface area contributed by atoms with E-state index in [1.807, 2.05) is 23.1 Å². The molecule has 0 radical (unpaired) electrons. The third kappa shape index (κ3) is 5.97. The van der Waals surface area contributed by atoms with Crippen molar-refractivity contribution in [3.63, 3.8) is 0 Å². The molecule has 6 heteroatoms. The lowest BCUT2D eigenvalue weighted by Crippen LogP contribution is -2.33. The van der Waals surface area contributed by atoms with E-state index in [1.165, 1.54) is 11.3 Å². The first-order chi connectivity index (χ1) is 12.0. The molecule has 0 saturated carbocycles. The molecule has 0 aliphatic carbocycles. The summed E-state index contributed by atoms with van der Waals surface area (Å²) in [6.45, 7) is 2.72. The fourth-order valence-electron chi connectivity index (χ4n) is 3.06. The topological polar surface area (TPSA) is 77.8 Å². The van der Waals surface area contributed by atoms with Gasteiger partial charge >= 0.3 is 5.97 Å². The van der Waals surface area contributed by atoms with E-state index in [-0.39, 0.29) is 11.9 Å². The highest BCUT2D eigenvalue weighted by Gasteiger charge is 2.28. The van der Waals surface area contributed by atoms with Gasteiger partial charge in [-0.25, -0.2) is 4.79 Å². The second-order valence-electron chi connectivity index (χ2n) is 6.46. The summed E-state index contributed by atoms with van der Waals surface area (Å²) in [5.74, 6) is -0.781. The normalized spacial score (nSPS) is 19.0. The highest BCUT2D eigenvalue weighted by Crippen LogP contribution is 2.23. The molecule has 1 saturated heterocycles. The molecule has 0 unspecified atom stereocenters. The van der Waals surface area contributed by atoms with Gasteiger partial charge in [-0.15, -0.1) is 11.3 Å². The molecule has 1 aromatic heterocycles. The zero-order valence-corrected chi connectivity index (χ0v) is 15.5. The molecule has 1 aromatic rings. The molecule has 25 heavy (non-hydrogen) atoms. The summed E-state index contributed by atoms with van der Waals surface area (Å²) in [5, 5.41) is 19.0. The zero-order valence-electron chi connectivity index (χ0n) is 14.7. The van der Waals surface area contributed by atoms with Crippen molar-refractivity contribution in [1.82, 2.24) is 4.90 Å². The van der Waals surface area contributed by atoms with Crippen LogP contribution in [0.5, 0.6) is 0 Å². The first-order valence-electron chi connectivity index (χ1n) is 8.99. The van der Waals surface area contributed by atoms with Gasteiger partial charge in [0, 0.05) is 17.8 Å². The summed E-state index contributed by atoms with van der Waals surface area (Å²) in [6, 6.07) is 3.46. The average molecular weight is 365 g/mol. The smallest absolute Gasteiger partial charge is 0.345 e. The third-order valence-electron chi connectivity index (χ3n) is 4.51. The SMILES string of the molecule is CCCCC[C@@H](O)/C=C/[C@H]1CCC(=O)N1CCc1ccc(C(=O)O)s1. The Morgan fingerprint density at radius 3 is 2.92 bits per heavy atom. The predicted molar refractivity (Wildman–Crippen MR) is 99.0 cm³/mol. The van der Waals surface area contributed by atoms with E-state index in [0.29, 0.717) is 24.3 Å². The number of aliphatic hydroxyl groups excluding tert-OH is 1. The molecular weight excluding hydrogens is 338 g/mol. The number of hydrogen-bond donors (Lipinski definition) is 2. The van der Waals surface area contributed by atoms with Gasteiger partial charge in [0.2, 0.25) is 5.91 Å². The summed E-state index contributed by atoms with van der Waals surface area (Å²) in [5.41, 5.74) is 0. The van der Waals surface area contributed by atoms with Crippen LogP contribution in [0.3, 0.4) is 0 Å². The van der Waals surface area contributed by atoms with Crippen molar-refractivity contribution in [3.8, 4) is 0 Å². The molecule has 0 bridgehead atoms. The van der Waals surface area contributed by atoms with Crippen LogP contribution in [0, 0.1) is 0 Å². The number of rotatable bonds is 10. The van der Waals surface area contributed by atoms with Crippen molar-refractivity contribution in [2.45, 2.75) is 64.0 Å². The number of aliphatic hydroxyl groups is 1. The summed E-state index contributed by atoms with van der Waals surface area (Å²) in [6.07, 6.45) is 9.34. The van der Waals surface area contributed by atoms with Crippen LogP contribution >= 0.6 is 11.3 Å². The first-order valence-corrected chi connectivity index (χ1v) is 9.80. The number of hydrogen-bond acceptors (Lipinski definition) is 4. The number of unbranched alkanes of at least 4 members (excludes halogenated alkanes) is 2. The molecule has 138 valence electrons. The Morgan fingerprint density at radius 1 is 1.44 bits per heavy atom. The van der Waals surface area contributed by atoms with Crippen molar-refractivity contribution in [3.05, 3.63) is 34.0 Å². The molecule has 2 heterocycles. The van der Waals surface area contributed by atoms with Crippen LogP contribution in [-0.4, -0.2) is 45.7 Å². The van der Waals surface area contributed by atoms with Gasteiger partial charge in [0.15, 0.2) is 0 Å². The molecule has 2 N–H and O–H groups in total. The van der Waals surface area contributed by atoms with Gasteiger partial charge in [-0.2, -0.15) is 0 Å². The second kappa shape index (κ2) is 9.73. The first kappa shape index (κ1) is 19.7. The number of likely N-dealkylation sites (tertiary alicyclic amines) is 1. The van der Waals surface area contributed by atoms with Crippen LogP contribution in [-0.2, 0) is 11.2 Å². The fourth-order valence-corrected chi connectivity index (χ4v) is 3.90. The number of amides is 1. The monoisotopic (exact) mass is 365 g/mol. The fraction of sp³-hybridized carbons (Fsp3) is 0.579. The maximum absolute atomic E-state index is 12.1. The van der Waals surface area contributed by atoms with Gasteiger partial charge < -0.3 is 15.1 Å². The Labute approximate surface area is 153 Å². The Bertz CT molecular complexity index is 610. The lowest BCUT2D eigenvalue weighted by atomic mass is 10.1. The van der Waals surface area contributed by atoms with E-state index in [9.17, 15) is 14.7 Å². The van der Waals surface area contributed by atoms with Gasteiger partial charge in [-0.1, -0.05) is 38.3 Å². The van der Waals surface area contributed by atoms with Crippen molar-refractivity contribution < 1.29 is 19.8 Å². The quantitative estimate of drug-likeness (QED) is 0.491. The molecule has 1 amide bonds. The van der Waals surface area contributed by atoms with Crippen LogP contribution in [0.15, 0.2) is 24.3 Å². The summed E-state index contributed by atoms with van der Waals surface area (Å²) >= 11 is 1.26. The Kier molecular flexibility index (Phi) is 7.65. The second-order valence-corrected chi connectivity index (χ2v) is 7.63. The predicted octanol–water partition coefficient (Wildman–Crippen LogP) is 3.48. The maximum Gasteiger partial charge on any atom is 0.345 e. The van der Waals surface area contributed by atoms with Crippen LogP contribution in [0.4, 0.5) is 0 Å². The molecule has 1 aliphatic rings. The molecule has 2 rings (SSSR count). The number of aromatic carboxylic acids is 1. The number of carbonyl (C=O) groups is 2. The lowest BCUT2D eigenvalue weighted by molar-refractivity contribution is -0.128. The van der Waals surface area contributed by atoms with Crippen molar-refractivity contribution in [2.24, 2.45) is 0 Å². The van der Waals surface area contributed by atoms with Crippen LogP contribution in [0.2, 0.25) is 0 Å². The zero-order chi connectivity index (χ0) is 18.2. The number of nitrogens with zero attached hydrogens (tertiary/aromatic N) is 1. The molecular formula is C19H27NO4S. The van der Waals surface area contributed by atoms with E-state index in [0.717, 1.165) is 37.0 Å². The molecule has 5 nitrogen and oxygen atoms in total. The van der Waals surface area contributed by atoms with Crippen molar-refractivity contribution in [1.29, 1.82) is 0 Å². The van der Waals surface area contributed by atoms with Crippen molar-refractivity contribution >= 4 is 23.2 Å². The average Bonchev–Trinajstić information content (AvgIpc) is 3.18. The van der Waals surface area contributed by atoms with Gasteiger partial charge in [-0.05, 0) is 31.4 Å². The number of carboxylic acids is 1. The molecule has 0 spiro atoms. The van der Waals surface area contributed by atoms with Gasteiger partial charge in [0.25, 0.3) is 0 Å². The minimum atomic E-state index is -0.911. The number of carboxylic acid groups (broad SMARTS) is 1. The van der Waals surface area contributed by atoms with Crippen LogP contribution < -0.4 is 0 Å². The van der Waals surface area contributed by atoms with Gasteiger partial charge in [0.05, 0.1) is 12.1 Å². The summed E-state index contributed by atoms with van der Waals surface area (Å²) < 4.78 is 0. The number of carbonyl (C=O) groups excluding carboxylic acids is 1. The summed E-state index contributed by atoms with van der Waals surface area (Å²) in [7, 11) is 0. The van der Waals surface area contributed by atoms with E-state index >= 15 is 0 Å². The van der Waals surface area contributed by atoms with E-state index in [1.54, 1.807) is 6.07 Å². The molecule has 0 aromatic carbocycles. The molecule has 2 atom stereocenters. The van der Waals surface area contributed by atoms with Gasteiger partial charge in [0.1, 0.15) is 4.88 Å². The van der Waals surface area contributed by atoms with Crippen LogP contribution in [0.1, 0.15) is 60.0 Å². The Balaban J connectivity index is 1.86. The molecule has 1 aliphatic heterocycles. The Hall–Kier alpha value is -1.66. The minimum absolute atomic E-state index is 0.0345. The summed E-state index contributed by atoms with van der Waals surface area (Å²) in [4.78, 5) is 26.2. The van der Waals surface area contributed by atoms with Gasteiger partial charge in [-0.3, -0.25) is 4.79 Å². The lowest BCUT2D eigenvalue weighted by Gasteiger charge is -2.22. The minimum Gasteiger partial charge on any atom is -0.477 e. The number of thiophene rings is 1. The highest BCUT2D eigenvalue weighted by molar-refractivity contribution is 7.13. The third-order valence-corrected chi connectivity index (χ3v) is 5.64. The van der Waals surface area contributed by atoms with E-state index in [4.69, 9.17) is 5.11 Å². The Morgan fingerprint density at radius 2 is 2.24 bits per heavy atom. The standard InChI is InChI=1S/C19H27NO4S/c1-2-3-4-5-15(21)8-6-14-7-11-18(22)20(14)13-12-16-9-10-17(25-16)19(23)24/h6,8-10,14-15,21H,2-5,7,11-13H2,1H3,(H,23,24)/b8-6+/t14-,15+/m0/s1. The van der Waals surface area contributed by atoms with E-state index < -0.39 is 12.1 Å². The maximum atomic E-state index is 12.1. The highest BCUT2D eigenvalue weighted by atomic mass is 32.1. The largest absolute Gasteiger partial charge is 0.477 e. The van der Waals surface area contributed by atoms with Crippen LogP contribution in [0.25, 0.3) is 0 Å². The molecule has 1 fully saturated rings. The van der Waals surface area contributed by atoms with Crippen molar-refractivity contribution in [2.75, 3.05) is 6.54 Å². The van der Waals surface area contributed by atoms with E-state index in [2.05, 4.69) is 6.92 Å².